The van der Waals surface area contributed by atoms with Gasteiger partial charge in [0.25, 0.3) is 0 Å². The van der Waals surface area contributed by atoms with Crippen LogP contribution in [0.4, 0.5) is 5.69 Å². The minimum atomic E-state index is -0.976. The van der Waals surface area contributed by atoms with Gasteiger partial charge in [-0.25, -0.2) is 4.99 Å². The average Bonchev–Trinajstić information content (AvgIpc) is 2.91. The van der Waals surface area contributed by atoms with Crippen molar-refractivity contribution in [2.75, 3.05) is 7.11 Å². The number of amidine groups is 1. The summed E-state index contributed by atoms with van der Waals surface area (Å²) in [6.45, 7) is 0. The maximum atomic E-state index is 12.7. The summed E-state index contributed by atoms with van der Waals surface area (Å²) >= 11 is 1.23. The first-order chi connectivity index (χ1) is 12.1. The Morgan fingerprint density at radius 2 is 2.16 bits per heavy atom. The third-order valence-corrected chi connectivity index (χ3v) is 5.34. The maximum Gasteiger partial charge on any atom is 0.305 e. The molecule has 1 saturated heterocycles. The predicted octanol–water partition coefficient (Wildman–Crippen LogP) is 3.21. The lowest BCUT2D eigenvalue weighted by molar-refractivity contribution is -0.139. The first kappa shape index (κ1) is 17.5. The monoisotopic (exact) mass is 360 g/mol. The lowest BCUT2D eigenvalue weighted by Gasteiger charge is -2.27. The number of methoxy groups -OCH3 is 1. The number of nitrogens with zero attached hydrogens (tertiary/aromatic N) is 2. The quantitative estimate of drug-likeness (QED) is 0.816. The summed E-state index contributed by atoms with van der Waals surface area (Å²) in [5, 5.41) is 9.02. The summed E-state index contributed by atoms with van der Waals surface area (Å²) in [6.07, 6.45) is 6.78. The number of carboxylic acid groups (broad SMARTS) is 1. The van der Waals surface area contributed by atoms with E-state index >= 15 is 0 Å². The Kier molecular flexibility index (Phi) is 5.43. The molecule has 0 bridgehead atoms. The summed E-state index contributed by atoms with van der Waals surface area (Å²) in [5.41, 5.74) is 0.705. The van der Waals surface area contributed by atoms with Gasteiger partial charge in [-0.15, -0.1) is 0 Å². The second-order valence-corrected chi connectivity index (χ2v) is 7.10. The van der Waals surface area contributed by atoms with E-state index < -0.39 is 11.2 Å². The zero-order chi connectivity index (χ0) is 17.8. The van der Waals surface area contributed by atoms with Crippen LogP contribution in [0.2, 0.25) is 0 Å². The summed E-state index contributed by atoms with van der Waals surface area (Å²) in [7, 11) is 1.60. The number of aliphatic imine (C=N–C) groups is 1. The molecule has 25 heavy (non-hydrogen) atoms. The van der Waals surface area contributed by atoms with Crippen LogP contribution < -0.4 is 4.74 Å². The highest BCUT2D eigenvalue weighted by molar-refractivity contribution is 8.15. The van der Waals surface area contributed by atoms with Crippen molar-refractivity contribution in [2.24, 2.45) is 4.99 Å². The molecule has 2 atom stereocenters. The van der Waals surface area contributed by atoms with E-state index in [-0.39, 0.29) is 18.4 Å². The van der Waals surface area contributed by atoms with Gasteiger partial charge in [-0.1, -0.05) is 23.9 Å². The van der Waals surface area contributed by atoms with Gasteiger partial charge in [0.1, 0.15) is 11.0 Å². The molecular weight excluding hydrogens is 340 g/mol. The third kappa shape index (κ3) is 4.04. The van der Waals surface area contributed by atoms with Crippen LogP contribution in [0.15, 0.2) is 41.4 Å². The van der Waals surface area contributed by atoms with Gasteiger partial charge in [0, 0.05) is 0 Å². The van der Waals surface area contributed by atoms with Gasteiger partial charge in [-0.05, 0) is 43.5 Å². The van der Waals surface area contributed by atoms with Gasteiger partial charge in [0.15, 0.2) is 5.17 Å². The average molecular weight is 360 g/mol. The van der Waals surface area contributed by atoms with Gasteiger partial charge >= 0.3 is 5.97 Å². The molecule has 0 spiro atoms. The molecule has 0 saturated carbocycles. The van der Waals surface area contributed by atoms with Gasteiger partial charge in [-0.3, -0.25) is 14.5 Å². The number of hydrogen-bond acceptors (Lipinski definition) is 5. The lowest BCUT2D eigenvalue weighted by Crippen LogP contribution is -2.41. The van der Waals surface area contributed by atoms with E-state index in [0.717, 1.165) is 25.0 Å². The lowest BCUT2D eigenvalue weighted by atomic mass is 10.0. The Balaban J connectivity index is 1.90. The molecule has 1 N–H and O–H groups in total. The van der Waals surface area contributed by atoms with Gasteiger partial charge < -0.3 is 9.84 Å². The van der Waals surface area contributed by atoms with E-state index in [1.807, 2.05) is 18.2 Å². The SMILES string of the molecule is COc1ccc(N=C2S[C@H](CC(=O)O)C(=O)N2[C@H]2C=CCCC2)cc1. The molecule has 1 aliphatic carbocycles. The van der Waals surface area contributed by atoms with Crippen LogP contribution in [-0.2, 0) is 9.59 Å². The van der Waals surface area contributed by atoms with Crippen LogP contribution in [0.5, 0.6) is 5.75 Å². The molecule has 132 valence electrons. The standard InChI is InChI=1S/C18H20N2O4S/c1-24-14-9-7-12(8-10-14)19-18-20(13-5-3-2-4-6-13)17(23)15(25-18)11-16(21)22/h3,5,7-10,13,15H,2,4,6,11H2,1H3,(H,21,22)/t13-,15+/m0/s1. The molecule has 1 aromatic rings. The van der Waals surface area contributed by atoms with E-state index in [1.54, 1.807) is 24.1 Å². The fraction of sp³-hybridized carbons (Fsp3) is 0.389. The number of carbonyl (C=O) groups is 2. The molecule has 6 nitrogen and oxygen atoms in total. The molecule has 2 aliphatic rings. The Morgan fingerprint density at radius 1 is 1.40 bits per heavy atom. The largest absolute Gasteiger partial charge is 0.497 e. The van der Waals surface area contributed by atoms with Crippen LogP contribution in [0, 0.1) is 0 Å². The number of carboxylic acids is 1. The van der Waals surface area contributed by atoms with Crippen molar-refractivity contribution < 1.29 is 19.4 Å². The summed E-state index contributed by atoms with van der Waals surface area (Å²) < 4.78 is 5.14. The molecule has 0 aromatic heterocycles. The van der Waals surface area contributed by atoms with Gasteiger partial charge in [0.05, 0.1) is 25.3 Å². The fourth-order valence-electron chi connectivity index (χ4n) is 2.93. The highest BCUT2D eigenvalue weighted by atomic mass is 32.2. The van der Waals surface area contributed by atoms with Crippen LogP contribution >= 0.6 is 11.8 Å². The summed E-state index contributed by atoms with van der Waals surface area (Å²) in [5.74, 6) is -0.415. The topological polar surface area (TPSA) is 79.2 Å². The number of carbonyl (C=O) groups excluding carboxylic acids is 1. The van der Waals surface area contributed by atoms with Gasteiger partial charge in [-0.2, -0.15) is 0 Å². The highest BCUT2D eigenvalue weighted by Gasteiger charge is 2.42. The predicted molar refractivity (Wildman–Crippen MR) is 97.3 cm³/mol. The molecule has 7 heteroatoms. The molecule has 1 aromatic carbocycles. The Bertz CT molecular complexity index is 714. The van der Waals surface area contributed by atoms with Crippen molar-refractivity contribution in [3.63, 3.8) is 0 Å². The number of rotatable bonds is 5. The van der Waals surface area contributed by atoms with E-state index in [0.29, 0.717) is 10.9 Å². The summed E-state index contributed by atoms with van der Waals surface area (Å²) in [6, 6.07) is 7.19. The van der Waals surface area contributed by atoms with E-state index in [1.165, 1.54) is 11.8 Å². The number of ether oxygens (including phenoxy) is 1. The minimum absolute atomic E-state index is 0.0513. The van der Waals surface area contributed by atoms with E-state index in [4.69, 9.17) is 9.84 Å². The third-order valence-electron chi connectivity index (χ3n) is 4.18. The summed E-state index contributed by atoms with van der Waals surface area (Å²) in [4.78, 5) is 30.1. The maximum absolute atomic E-state index is 12.7. The second-order valence-electron chi connectivity index (χ2n) is 5.93. The number of allylic oxidation sites excluding steroid dienone is 1. The smallest absolute Gasteiger partial charge is 0.305 e. The number of benzene rings is 1. The Hall–Kier alpha value is -2.28. The van der Waals surface area contributed by atoms with Crippen molar-refractivity contribution >= 4 is 34.5 Å². The van der Waals surface area contributed by atoms with Crippen LogP contribution in [0.1, 0.15) is 25.7 Å². The molecule has 0 radical (unpaired) electrons. The first-order valence-corrected chi connectivity index (χ1v) is 9.07. The van der Waals surface area contributed by atoms with Crippen molar-refractivity contribution in [3.8, 4) is 5.75 Å². The molecular formula is C18H20N2O4S. The van der Waals surface area contributed by atoms with Crippen molar-refractivity contribution in [2.45, 2.75) is 37.0 Å². The molecule has 0 unspecified atom stereocenters. The number of hydrogen-bond donors (Lipinski definition) is 1. The normalized spacial score (nSPS) is 24.8. The molecule has 1 amide bonds. The van der Waals surface area contributed by atoms with Crippen molar-refractivity contribution in [1.29, 1.82) is 0 Å². The molecule has 1 fully saturated rings. The highest BCUT2D eigenvalue weighted by Crippen LogP contribution is 2.35. The Labute approximate surface area is 150 Å². The molecule has 3 rings (SSSR count). The van der Waals surface area contributed by atoms with Crippen LogP contribution in [0.25, 0.3) is 0 Å². The second kappa shape index (κ2) is 7.74. The Morgan fingerprint density at radius 3 is 2.76 bits per heavy atom. The van der Waals surface area contributed by atoms with E-state index in [9.17, 15) is 9.59 Å². The zero-order valence-corrected chi connectivity index (χ0v) is 14.7. The minimum Gasteiger partial charge on any atom is -0.497 e. The molecule has 1 aliphatic heterocycles. The van der Waals surface area contributed by atoms with Crippen molar-refractivity contribution in [1.82, 2.24) is 4.90 Å². The van der Waals surface area contributed by atoms with E-state index in [2.05, 4.69) is 11.1 Å². The molecule has 1 heterocycles. The number of aliphatic carboxylic acids is 1. The van der Waals surface area contributed by atoms with Gasteiger partial charge in [0.2, 0.25) is 5.91 Å². The van der Waals surface area contributed by atoms with Crippen LogP contribution in [-0.4, -0.2) is 45.5 Å². The number of amides is 1. The fourth-order valence-corrected chi connectivity index (χ4v) is 4.13. The van der Waals surface area contributed by atoms with Crippen LogP contribution in [0.3, 0.4) is 0 Å². The van der Waals surface area contributed by atoms with Crippen molar-refractivity contribution in [3.05, 3.63) is 36.4 Å². The number of thioether (sulfide) groups is 1. The zero-order valence-electron chi connectivity index (χ0n) is 13.9. The first-order valence-electron chi connectivity index (χ1n) is 8.19.